The van der Waals surface area contributed by atoms with Crippen molar-refractivity contribution < 1.29 is 19.6 Å². The fraction of sp³-hybridized carbons (Fsp3) is 0.385. The first kappa shape index (κ1) is 16.6. The number of nitrogens with two attached hydrogens (primary N) is 1. The number of carboxylic acid groups (broad SMARTS) is 1. The molecule has 0 aliphatic carbocycles. The van der Waals surface area contributed by atoms with Crippen LogP contribution in [0.4, 0.5) is 5.69 Å². The van der Waals surface area contributed by atoms with Crippen LogP contribution in [-0.2, 0) is 11.3 Å². The average molecular weight is 295 g/mol. The zero-order valence-electron chi connectivity index (χ0n) is 12.0. The van der Waals surface area contributed by atoms with Crippen LogP contribution >= 0.6 is 0 Å². The van der Waals surface area contributed by atoms with Crippen molar-refractivity contribution in [2.45, 2.75) is 25.9 Å². The molecular formula is C13H17N3O5. The molecule has 114 valence electrons. The van der Waals surface area contributed by atoms with Gasteiger partial charge in [0.05, 0.1) is 4.92 Å². The quantitative estimate of drug-likeness (QED) is 0.595. The first-order chi connectivity index (χ1) is 9.57. The van der Waals surface area contributed by atoms with Crippen LogP contribution in [0, 0.1) is 10.1 Å². The summed E-state index contributed by atoms with van der Waals surface area (Å²) < 4.78 is 0. The molecule has 0 heterocycles. The number of nitrogens with zero attached hydrogens (tertiary/aromatic N) is 2. The highest BCUT2D eigenvalue weighted by atomic mass is 16.6. The Morgan fingerprint density at radius 1 is 1.43 bits per heavy atom. The van der Waals surface area contributed by atoms with Crippen LogP contribution in [0.25, 0.3) is 0 Å². The lowest BCUT2D eigenvalue weighted by Gasteiger charge is -2.31. The molecule has 3 N–H and O–H groups in total. The second kappa shape index (κ2) is 5.88. The van der Waals surface area contributed by atoms with E-state index in [2.05, 4.69) is 0 Å². The summed E-state index contributed by atoms with van der Waals surface area (Å²) in [7, 11) is 1.56. The van der Waals surface area contributed by atoms with Gasteiger partial charge in [0.25, 0.3) is 5.69 Å². The largest absolute Gasteiger partial charge is 0.480 e. The molecule has 0 spiro atoms. The van der Waals surface area contributed by atoms with E-state index in [0.717, 1.165) is 6.07 Å². The molecule has 0 atom stereocenters. The van der Waals surface area contributed by atoms with Crippen LogP contribution in [0.3, 0.4) is 0 Å². The molecule has 1 aromatic rings. The normalized spacial score (nSPS) is 11.4. The summed E-state index contributed by atoms with van der Waals surface area (Å²) in [6, 6.07) is 3.89. The fourth-order valence-electron chi connectivity index (χ4n) is 1.64. The molecular weight excluding hydrogens is 278 g/mol. The highest BCUT2D eigenvalue weighted by molar-refractivity contribution is 5.93. The van der Waals surface area contributed by atoms with E-state index in [4.69, 9.17) is 10.8 Å². The topological polar surface area (TPSA) is 127 Å². The Hall–Kier alpha value is -2.48. The number of likely N-dealkylation sites (N-methyl/N-ethyl adjacent to an activating group) is 1. The second-order valence-electron chi connectivity index (χ2n) is 5.19. The van der Waals surface area contributed by atoms with Gasteiger partial charge in [-0.2, -0.15) is 0 Å². The smallest absolute Gasteiger partial charge is 0.323 e. The highest BCUT2D eigenvalue weighted by Gasteiger charge is 2.33. The minimum atomic E-state index is -1.18. The molecule has 0 aromatic heterocycles. The van der Waals surface area contributed by atoms with Crippen molar-refractivity contribution in [1.29, 1.82) is 0 Å². The van der Waals surface area contributed by atoms with E-state index in [9.17, 15) is 19.7 Å². The number of carbonyl (C=O) groups excluding carboxylic acids is 1. The van der Waals surface area contributed by atoms with Crippen molar-refractivity contribution in [3.8, 4) is 0 Å². The number of rotatable bonds is 6. The van der Waals surface area contributed by atoms with Gasteiger partial charge >= 0.3 is 5.97 Å². The van der Waals surface area contributed by atoms with Crippen molar-refractivity contribution >= 4 is 17.6 Å². The summed E-state index contributed by atoms with van der Waals surface area (Å²) >= 11 is 0. The van der Waals surface area contributed by atoms with Crippen LogP contribution in [0.2, 0.25) is 0 Å². The fourth-order valence-corrected chi connectivity index (χ4v) is 1.64. The number of amides is 1. The molecule has 0 unspecified atom stereocenters. The Morgan fingerprint density at radius 3 is 2.43 bits per heavy atom. The van der Waals surface area contributed by atoms with E-state index in [1.54, 1.807) is 7.05 Å². The SMILES string of the molecule is CN(Cc1ccc(C(N)=O)cc1[N+](=O)[O-])C(C)(C)C(=O)O. The molecule has 1 amide bonds. The molecule has 0 aliphatic heterocycles. The first-order valence-corrected chi connectivity index (χ1v) is 6.09. The van der Waals surface area contributed by atoms with Crippen molar-refractivity contribution in [3.05, 3.63) is 39.4 Å². The molecule has 21 heavy (non-hydrogen) atoms. The van der Waals surface area contributed by atoms with Crippen LogP contribution in [0.5, 0.6) is 0 Å². The monoisotopic (exact) mass is 295 g/mol. The molecule has 0 saturated carbocycles. The van der Waals surface area contributed by atoms with Gasteiger partial charge in [-0.25, -0.2) is 0 Å². The van der Waals surface area contributed by atoms with Crippen molar-refractivity contribution in [2.75, 3.05) is 7.05 Å². The van der Waals surface area contributed by atoms with E-state index in [-0.39, 0.29) is 17.8 Å². The van der Waals surface area contributed by atoms with Crippen molar-refractivity contribution in [1.82, 2.24) is 4.90 Å². The van der Waals surface area contributed by atoms with Gasteiger partial charge in [0.2, 0.25) is 5.91 Å². The van der Waals surface area contributed by atoms with Gasteiger partial charge < -0.3 is 10.8 Å². The van der Waals surface area contributed by atoms with Crippen LogP contribution < -0.4 is 5.73 Å². The van der Waals surface area contributed by atoms with Gasteiger partial charge in [-0.15, -0.1) is 0 Å². The maximum absolute atomic E-state index is 11.2. The van der Waals surface area contributed by atoms with Crippen LogP contribution in [-0.4, -0.2) is 39.4 Å². The van der Waals surface area contributed by atoms with Gasteiger partial charge in [-0.05, 0) is 27.0 Å². The third kappa shape index (κ3) is 3.54. The van der Waals surface area contributed by atoms with Gasteiger partial charge in [-0.3, -0.25) is 24.6 Å². The Morgan fingerprint density at radius 2 is 2.00 bits per heavy atom. The molecule has 0 aliphatic rings. The average Bonchev–Trinajstić information content (AvgIpc) is 2.38. The lowest BCUT2D eigenvalue weighted by molar-refractivity contribution is -0.385. The lowest BCUT2D eigenvalue weighted by Crippen LogP contribution is -2.47. The lowest BCUT2D eigenvalue weighted by atomic mass is 10.0. The van der Waals surface area contributed by atoms with Gasteiger partial charge in [0.1, 0.15) is 5.54 Å². The Kier molecular flexibility index (Phi) is 4.64. The number of nitro benzene ring substituents is 1. The number of primary amides is 1. The summed E-state index contributed by atoms with van der Waals surface area (Å²) in [5.74, 6) is -1.80. The summed E-state index contributed by atoms with van der Waals surface area (Å²) in [4.78, 5) is 34.2. The zero-order chi connectivity index (χ0) is 16.4. The van der Waals surface area contributed by atoms with E-state index in [1.807, 2.05) is 0 Å². The van der Waals surface area contributed by atoms with E-state index >= 15 is 0 Å². The minimum Gasteiger partial charge on any atom is -0.480 e. The van der Waals surface area contributed by atoms with Crippen LogP contribution in [0.1, 0.15) is 29.8 Å². The van der Waals surface area contributed by atoms with E-state index in [1.165, 1.54) is 30.9 Å². The van der Waals surface area contributed by atoms with E-state index < -0.39 is 22.3 Å². The van der Waals surface area contributed by atoms with Crippen molar-refractivity contribution in [3.63, 3.8) is 0 Å². The predicted molar refractivity (Wildman–Crippen MR) is 74.8 cm³/mol. The molecule has 1 aromatic carbocycles. The number of carbonyl (C=O) groups is 2. The zero-order valence-corrected chi connectivity index (χ0v) is 12.0. The summed E-state index contributed by atoms with van der Waals surface area (Å²) in [6.45, 7) is 3.05. The molecule has 0 saturated heterocycles. The molecule has 1 rings (SSSR count). The molecule has 0 bridgehead atoms. The Bertz CT molecular complexity index is 597. The Labute approximate surface area is 121 Å². The van der Waals surface area contributed by atoms with Crippen molar-refractivity contribution in [2.24, 2.45) is 5.73 Å². The predicted octanol–water partition coefficient (Wildman–Crippen LogP) is 0.989. The maximum atomic E-state index is 11.2. The molecule has 8 heteroatoms. The van der Waals surface area contributed by atoms with Gasteiger partial charge in [-0.1, -0.05) is 6.07 Å². The van der Waals surface area contributed by atoms with Crippen LogP contribution in [0.15, 0.2) is 18.2 Å². The number of benzene rings is 1. The first-order valence-electron chi connectivity index (χ1n) is 6.09. The molecule has 0 radical (unpaired) electrons. The van der Waals surface area contributed by atoms with E-state index in [0.29, 0.717) is 5.56 Å². The summed E-state index contributed by atoms with van der Waals surface area (Å²) in [5, 5.41) is 20.2. The highest BCUT2D eigenvalue weighted by Crippen LogP contribution is 2.24. The summed E-state index contributed by atoms with van der Waals surface area (Å²) in [6.07, 6.45) is 0. The minimum absolute atomic E-state index is 0.0330. The third-order valence-electron chi connectivity index (χ3n) is 3.45. The van der Waals surface area contributed by atoms with Gasteiger partial charge in [0, 0.05) is 23.7 Å². The number of aliphatic carboxylic acids is 1. The Balaban J connectivity index is 3.17. The molecule has 0 fully saturated rings. The maximum Gasteiger partial charge on any atom is 0.323 e. The number of nitro groups is 1. The third-order valence-corrected chi connectivity index (χ3v) is 3.45. The number of carboxylic acids is 1. The number of hydrogen-bond acceptors (Lipinski definition) is 5. The van der Waals surface area contributed by atoms with Gasteiger partial charge in [0.15, 0.2) is 0 Å². The summed E-state index contributed by atoms with van der Waals surface area (Å²) in [5.41, 5.74) is 3.98. The second-order valence-corrected chi connectivity index (χ2v) is 5.19. The molecule has 8 nitrogen and oxygen atoms in total. The standard InChI is InChI=1S/C13H17N3O5/c1-13(2,12(18)19)15(3)7-9-5-4-8(11(14)17)6-10(9)16(20)21/h4-6H,7H2,1-3H3,(H2,14,17)(H,18,19). The number of hydrogen-bond donors (Lipinski definition) is 2.